The van der Waals surface area contributed by atoms with Crippen molar-refractivity contribution in [3.63, 3.8) is 0 Å². The van der Waals surface area contributed by atoms with E-state index in [9.17, 15) is 4.79 Å². The molecule has 2 aromatic heterocycles. The van der Waals surface area contributed by atoms with Gasteiger partial charge in [-0.2, -0.15) is 5.10 Å². The number of carbonyl (C=O) groups is 1. The van der Waals surface area contributed by atoms with Gasteiger partial charge in [-0.1, -0.05) is 0 Å². The average molecular weight is 286 g/mol. The van der Waals surface area contributed by atoms with Crippen LogP contribution in [0.2, 0.25) is 0 Å². The standard InChI is InChI=1S/C14H18N6O/c15-14(21)10-3-17-20(5-10)13-7-18(8-13)6-12-4-16-9-19(12)11-1-2-11/h3-5,9,11,13H,1-2,6-8H2,(H2,15,21). The molecule has 1 saturated heterocycles. The highest BCUT2D eigenvalue weighted by Crippen LogP contribution is 2.36. The molecule has 110 valence electrons. The number of hydrogen-bond donors (Lipinski definition) is 1. The molecule has 0 spiro atoms. The van der Waals surface area contributed by atoms with Crippen molar-refractivity contribution in [1.29, 1.82) is 0 Å². The predicted molar refractivity (Wildman–Crippen MR) is 75.6 cm³/mol. The van der Waals surface area contributed by atoms with Crippen LogP contribution in [-0.4, -0.2) is 43.2 Å². The van der Waals surface area contributed by atoms with Crippen molar-refractivity contribution in [2.75, 3.05) is 13.1 Å². The zero-order valence-corrected chi connectivity index (χ0v) is 11.7. The van der Waals surface area contributed by atoms with Gasteiger partial charge >= 0.3 is 0 Å². The van der Waals surface area contributed by atoms with Crippen LogP contribution >= 0.6 is 0 Å². The molecule has 0 aromatic carbocycles. The molecule has 0 unspecified atom stereocenters. The first-order chi connectivity index (χ1) is 10.2. The lowest BCUT2D eigenvalue weighted by atomic mass is 10.1. The van der Waals surface area contributed by atoms with Gasteiger partial charge in [0.05, 0.1) is 29.8 Å². The molecule has 1 aliphatic carbocycles. The molecule has 1 aliphatic heterocycles. The average Bonchev–Trinajstić information content (AvgIpc) is 2.97. The first-order valence-corrected chi connectivity index (χ1v) is 7.28. The lowest BCUT2D eigenvalue weighted by Crippen LogP contribution is -2.47. The summed E-state index contributed by atoms with van der Waals surface area (Å²) in [6, 6.07) is 0.999. The number of likely N-dealkylation sites (tertiary alicyclic amines) is 1. The van der Waals surface area contributed by atoms with Crippen molar-refractivity contribution in [2.45, 2.75) is 31.5 Å². The summed E-state index contributed by atoms with van der Waals surface area (Å²) >= 11 is 0. The molecule has 7 heteroatoms. The van der Waals surface area contributed by atoms with Gasteiger partial charge in [-0.25, -0.2) is 4.98 Å². The van der Waals surface area contributed by atoms with Crippen LogP contribution in [0.1, 0.15) is 41.0 Å². The van der Waals surface area contributed by atoms with E-state index < -0.39 is 5.91 Å². The highest BCUT2D eigenvalue weighted by atomic mass is 16.1. The Balaban J connectivity index is 1.36. The van der Waals surface area contributed by atoms with E-state index in [2.05, 4.69) is 19.5 Å². The van der Waals surface area contributed by atoms with Crippen LogP contribution in [0.25, 0.3) is 0 Å². The van der Waals surface area contributed by atoms with Gasteiger partial charge in [0.2, 0.25) is 0 Å². The second kappa shape index (κ2) is 4.70. The van der Waals surface area contributed by atoms with Crippen LogP contribution in [0.15, 0.2) is 24.9 Å². The molecule has 0 bridgehead atoms. The van der Waals surface area contributed by atoms with E-state index in [4.69, 9.17) is 5.73 Å². The molecule has 2 fully saturated rings. The number of imidazole rings is 1. The number of amides is 1. The Morgan fingerprint density at radius 1 is 1.29 bits per heavy atom. The topological polar surface area (TPSA) is 82.0 Å². The van der Waals surface area contributed by atoms with E-state index >= 15 is 0 Å². The number of carbonyl (C=O) groups excluding carboxylic acids is 1. The molecular weight excluding hydrogens is 268 g/mol. The predicted octanol–water partition coefficient (Wildman–Crippen LogP) is 0.570. The van der Waals surface area contributed by atoms with E-state index in [-0.39, 0.29) is 0 Å². The summed E-state index contributed by atoms with van der Waals surface area (Å²) in [5.74, 6) is -0.425. The van der Waals surface area contributed by atoms with Crippen molar-refractivity contribution in [3.8, 4) is 0 Å². The van der Waals surface area contributed by atoms with Crippen molar-refractivity contribution >= 4 is 5.91 Å². The van der Waals surface area contributed by atoms with E-state index in [1.807, 2.05) is 17.2 Å². The van der Waals surface area contributed by atoms with Crippen molar-refractivity contribution in [1.82, 2.24) is 24.2 Å². The monoisotopic (exact) mass is 286 g/mol. The molecule has 21 heavy (non-hydrogen) atoms. The Kier molecular flexibility index (Phi) is 2.81. The smallest absolute Gasteiger partial charge is 0.251 e. The van der Waals surface area contributed by atoms with Crippen LogP contribution < -0.4 is 5.73 Å². The fraction of sp³-hybridized carbons (Fsp3) is 0.500. The molecule has 4 rings (SSSR count). The largest absolute Gasteiger partial charge is 0.366 e. The van der Waals surface area contributed by atoms with Crippen molar-refractivity contribution < 1.29 is 4.79 Å². The van der Waals surface area contributed by atoms with Crippen LogP contribution in [0, 0.1) is 0 Å². The molecule has 2 aliphatic rings. The van der Waals surface area contributed by atoms with Crippen LogP contribution in [0.5, 0.6) is 0 Å². The minimum Gasteiger partial charge on any atom is -0.366 e. The maximum absolute atomic E-state index is 11.1. The summed E-state index contributed by atoms with van der Waals surface area (Å²) < 4.78 is 4.14. The molecule has 2 N–H and O–H groups in total. The van der Waals surface area contributed by atoms with Crippen molar-refractivity contribution in [2.24, 2.45) is 5.73 Å². The third-order valence-corrected chi connectivity index (χ3v) is 4.27. The number of primary amides is 1. The Hall–Kier alpha value is -2.15. The fourth-order valence-electron chi connectivity index (χ4n) is 2.87. The molecular formula is C14H18N6O. The van der Waals surface area contributed by atoms with Crippen LogP contribution in [-0.2, 0) is 6.54 Å². The van der Waals surface area contributed by atoms with Gasteiger partial charge in [-0.05, 0) is 12.8 Å². The van der Waals surface area contributed by atoms with Gasteiger partial charge in [-0.15, -0.1) is 0 Å². The van der Waals surface area contributed by atoms with Crippen LogP contribution in [0.4, 0.5) is 0 Å². The summed E-state index contributed by atoms with van der Waals surface area (Å²) in [6.45, 7) is 2.81. The quantitative estimate of drug-likeness (QED) is 0.871. The molecule has 2 aromatic rings. The second-order valence-corrected chi connectivity index (χ2v) is 5.94. The summed E-state index contributed by atoms with van der Waals surface area (Å²) in [4.78, 5) is 17.7. The van der Waals surface area contributed by atoms with Crippen molar-refractivity contribution in [3.05, 3.63) is 36.2 Å². The lowest BCUT2D eigenvalue weighted by molar-refractivity contribution is 0.0881. The number of aromatic nitrogens is 4. The van der Waals surface area contributed by atoms with Gasteiger partial charge in [0.25, 0.3) is 5.91 Å². The molecule has 0 radical (unpaired) electrons. The molecule has 1 saturated carbocycles. The summed E-state index contributed by atoms with van der Waals surface area (Å²) in [6.07, 6.45) is 9.72. The van der Waals surface area contributed by atoms with E-state index in [1.165, 1.54) is 24.7 Å². The molecule has 3 heterocycles. The Labute approximate surface area is 122 Å². The first-order valence-electron chi connectivity index (χ1n) is 7.28. The number of nitrogens with two attached hydrogens (primary N) is 1. The SMILES string of the molecule is NC(=O)c1cnn(C2CN(Cc3cncn3C3CC3)C2)c1. The van der Waals surface area contributed by atoms with Gasteiger partial charge in [-0.3, -0.25) is 14.4 Å². The Bertz CT molecular complexity index is 665. The van der Waals surface area contributed by atoms with E-state index in [1.54, 1.807) is 6.20 Å². The highest BCUT2D eigenvalue weighted by molar-refractivity contribution is 5.92. The third-order valence-electron chi connectivity index (χ3n) is 4.27. The zero-order valence-electron chi connectivity index (χ0n) is 11.7. The number of hydrogen-bond acceptors (Lipinski definition) is 4. The molecule has 7 nitrogen and oxygen atoms in total. The molecule has 0 atom stereocenters. The fourth-order valence-corrected chi connectivity index (χ4v) is 2.87. The summed E-state index contributed by atoms with van der Waals surface area (Å²) in [7, 11) is 0. The summed E-state index contributed by atoms with van der Waals surface area (Å²) in [5.41, 5.74) is 7.00. The van der Waals surface area contributed by atoms with Crippen LogP contribution in [0.3, 0.4) is 0 Å². The minimum atomic E-state index is -0.425. The first kappa shape index (κ1) is 12.6. The van der Waals surface area contributed by atoms with Gasteiger partial charge in [0.15, 0.2) is 0 Å². The minimum absolute atomic E-state index is 0.329. The van der Waals surface area contributed by atoms with Gasteiger partial charge in [0, 0.05) is 38.1 Å². The molecule has 1 amide bonds. The lowest BCUT2D eigenvalue weighted by Gasteiger charge is -2.39. The van der Waals surface area contributed by atoms with E-state index in [0.29, 0.717) is 17.6 Å². The Morgan fingerprint density at radius 2 is 2.10 bits per heavy atom. The normalized spacial score (nSPS) is 19.6. The zero-order chi connectivity index (χ0) is 14.4. The maximum atomic E-state index is 11.1. The van der Waals surface area contributed by atoms with Gasteiger partial charge < -0.3 is 10.3 Å². The highest BCUT2D eigenvalue weighted by Gasteiger charge is 2.31. The number of nitrogens with zero attached hydrogens (tertiary/aromatic N) is 5. The summed E-state index contributed by atoms with van der Waals surface area (Å²) in [5, 5.41) is 4.22. The maximum Gasteiger partial charge on any atom is 0.251 e. The second-order valence-electron chi connectivity index (χ2n) is 5.94. The van der Waals surface area contributed by atoms with Gasteiger partial charge in [0.1, 0.15) is 0 Å². The Morgan fingerprint density at radius 3 is 2.76 bits per heavy atom. The van der Waals surface area contributed by atoms with E-state index in [0.717, 1.165) is 19.6 Å². The number of rotatable bonds is 5. The third kappa shape index (κ3) is 2.33.